The predicted octanol–water partition coefficient (Wildman–Crippen LogP) is 4.22. The number of rotatable bonds is 3. The number of carbonyl (C=O) groups is 1. The highest BCUT2D eigenvalue weighted by molar-refractivity contribution is 5.96. The number of halogens is 2. The van der Waals surface area contributed by atoms with Crippen LogP contribution < -0.4 is 0 Å². The van der Waals surface area contributed by atoms with E-state index in [1.165, 1.54) is 0 Å². The molecule has 1 aromatic carbocycles. The first-order valence-electron chi connectivity index (χ1n) is 5.70. The van der Waals surface area contributed by atoms with Crippen LogP contribution in [-0.2, 0) is 0 Å². The predicted molar refractivity (Wildman–Crippen MR) is 63.9 cm³/mol. The molecule has 3 heteroatoms. The van der Waals surface area contributed by atoms with E-state index in [4.69, 9.17) is 0 Å². The van der Waals surface area contributed by atoms with Gasteiger partial charge in [0.25, 0.3) is 0 Å². The third kappa shape index (κ3) is 3.62. The van der Waals surface area contributed by atoms with Crippen LogP contribution in [0, 0.1) is 23.0 Å². The zero-order chi connectivity index (χ0) is 13.2. The van der Waals surface area contributed by atoms with Gasteiger partial charge in [-0.05, 0) is 29.5 Å². The van der Waals surface area contributed by atoms with Crippen LogP contribution in [0.1, 0.15) is 44.5 Å². The molecule has 94 valence electrons. The van der Waals surface area contributed by atoms with Gasteiger partial charge in [-0.2, -0.15) is 0 Å². The lowest BCUT2D eigenvalue weighted by Crippen LogP contribution is -2.21. The van der Waals surface area contributed by atoms with E-state index in [0.29, 0.717) is 0 Å². The summed E-state index contributed by atoms with van der Waals surface area (Å²) in [7, 11) is 0. The minimum absolute atomic E-state index is 0.0283. The number of benzene rings is 1. The lowest BCUT2D eigenvalue weighted by molar-refractivity contribution is 0.0922. The number of carbonyl (C=O) groups excluding carboxylic acids is 1. The van der Waals surface area contributed by atoms with Crippen molar-refractivity contribution in [2.75, 3.05) is 0 Å². The average molecular weight is 240 g/mol. The van der Waals surface area contributed by atoms with Crippen LogP contribution in [-0.4, -0.2) is 5.78 Å². The maximum Gasteiger partial charge on any atom is 0.166 e. The monoisotopic (exact) mass is 240 g/mol. The van der Waals surface area contributed by atoms with Crippen LogP contribution in [0.15, 0.2) is 18.2 Å². The Kier molecular flexibility index (Phi) is 4.02. The fourth-order valence-corrected chi connectivity index (χ4v) is 1.41. The summed E-state index contributed by atoms with van der Waals surface area (Å²) in [4.78, 5) is 11.9. The molecule has 0 fully saturated rings. The van der Waals surface area contributed by atoms with E-state index in [9.17, 15) is 13.6 Å². The minimum atomic E-state index is -0.655. The number of hydrogen-bond donors (Lipinski definition) is 0. The van der Waals surface area contributed by atoms with Gasteiger partial charge in [0.05, 0.1) is 5.56 Å². The molecule has 0 aliphatic carbocycles. The Morgan fingerprint density at radius 1 is 1.29 bits per heavy atom. The van der Waals surface area contributed by atoms with Crippen molar-refractivity contribution in [2.24, 2.45) is 11.3 Å². The van der Waals surface area contributed by atoms with E-state index < -0.39 is 11.6 Å². The van der Waals surface area contributed by atoms with Gasteiger partial charge in [0.15, 0.2) is 5.78 Å². The molecular weight excluding hydrogens is 222 g/mol. The zero-order valence-electron chi connectivity index (χ0n) is 10.7. The van der Waals surface area contributed by atoms with Gasteiger partial charge in [0.1, 0.15) is 11.6 Å². The van der Waals surface area contributed by atoms with Crippen LogP contribution in [0.25, 0.3) is 0 Å². The molecule has 1 aromatic rings. The van der Waals surface area contributed by atoms with E-state index in [0.717, 1.165) is 18.2 Å². The molecule has 0 radical (unpaired) electrons. The molecule has 1 nitrogen and oxygen atoms in total. The Morgan fingerprint density at radius 2 is 1.88 bits per heavy atom. The van der Waals surface area contributed by atoms with Crippen molar-refractivity contribution < 1.29 is 13.6 Å². The number of ketones is 1. The van der Waals surface area contributed by atoms with Crippen LogP contribution in [0.2, 0.25) is 0 Å². The lowest BCUT2D eigenvalue weighted by atomic mass is 9.78. The van der Waals surface area contributed by atoms with Crippen LogP contribution in [0.4, 0.5) is 8.78 Å². The van der Waals surface area contributed by atoms with E-state index in [2.05, 4.69) is 0 Å². The van der Waals surface area contributed by atoms with E-state index in [1.807, 2.05) is 27.7 Å². The summed E-state index contributed by atoms with van der Waals surface area (Å²) in [5, 5.41) is 0. The Hall–Kier alpha value is -1.25. The molecule has 0 aliphatic rings. The van der Waals surface area contributed by atoms with Crippen LogP contribution in [0.5, 0.6) is 0 Å². The second kappa shape index (κ2) is 4.94. The summed E-state index contributed by atoms with van der Waals surface area (Å²) in [5.41, 5.74) is -0.180. The van der Waals surface area contributed by atoms with Crippen molar-refractivity contribution >= 4 is 5.78 Å². The van der Waals surface area contributed by atoms with Gasteiger partial charge in [0.2, 0.25) is 0 Å². The molecule has 0 bridgehead atoms. The molecule has 0 N–H and O–H groups in total. The molecule has 0 heterocycles. The fourth-order valence-electron chi connectivity index (χ4n) is 1.41. The molecule has 1 atom stereocenters. The lowest BCUT2D eigenvalue weighted by Gasteiger charge is -2.26. The minimum Gasteiger partial charge on any atom is -0.294 e. The molecule has 1 unspecified atom stereocenters. The summed E-state index contributed by atoms with van der Waals surface area (Å²) in [6.07, 6.45) is 0.226. The largest absolute Gasteiger partial charge is 0.294 e. The second-order valence-electron chi connectivity index (χ2n) is 5.52. The van der Waals surface area contributed by atoms with Gasteiger partial charge in [-0.3, -0.25) is 4.79 Å². The van der Waals surface area contributed by atoms with Crippen molar-refractivity contribution in [3.05, 3.63) is 35.4 Å². The first-order chi connectivity index (χ1) is 7.71. The van der Waals surface area contributed by atoms with Crippen molar-refractivity contribution in [3.63, 3.8) is 0 Å². The molecule has 1 rings (SSSR count). The molecule has 0 aromatic heterocycles. The molecule has 0 saturated carbocycles. The Morgan fingerprint density at radius 3 is 2.41 bits per heavy atom. The molecule has 17 heavy (non-hydrogen) atoms. The summed E-state index contributed by atoms with van der Waals surface area (Å²) in [6, 6.07) is 2.97. The normalized spacial score (nSPS) is 13.5. The highest BCUT2D eigenvalue weighted by Gasteiger charge is 2.24. The van der Waals surface area contributed by atoms with Gasteiger partial charge in [0, 0.05) is 6.42 Å². The van der Waals surface area contributed by atoms with Crippen molar-refractivity contribution in [1.82, 2.24) is 0 Å². The van der Waals surface area contributed by atoms with Gasteiger partial charge < -0.3 is 0 Å². The summed E-state index contributed by atoms with van der Waals surface area (Å²) < 4.78 is 26.3. The molecule has 0 saturated heterocycles. The number of Topliss-reactive ketones (excluding diaryl/α,β-unsaturated/α-hetero) is 1. The zero-order valence-corrected chi connectivity index (χ0v) is 10.7. The smallest absolute Gasteiger partial charge is 0.166 e. The van der Waals surface area contributed by atoms with Gasteiger partial charge >= 0.3 is 0 Å². The fraction of sp³-hybridized carbons (Fsp3) is 0.500. The topological polar surface area (TPSA) is 17.1 Å². The molecule has 0 spiro atoms. The van der Waals surface area contributed by atoms with Crippen molar-refractivity contribution in [3.8, 4) is 0 Å². The Balaban J connectivity index is 2.87. The highest BCUT2D eigenvalue weighted by atomic mass is 19.1. The second-order valence-corrected chi connectivity index (χ2v) is 5.52. The Bertz CT molecular complexity index is 419. The van der Waals surface area contributed by atoms with Crippen molar-refractivity contribution in [2.45, 2.75) is 34.1 Å². The molecule has 0 aliphatic heterocycles. The standard InChI is InChI=1S/C14H18F2O/c1-9(14(2,3)4)7-13(17)11-8-10(15)5-6-12(11)16/h5-6,8-9H,7H2,1-4H3. The summed E-state index contributed by atoms with van der Waals surface area (Å²) in [6.45, 7) is 8.00. The SMILES string of the molecule is CC(CC(=O)c1cc(F)ccc1F)C(C)(C)C. The first-order valence-corrected chi connectivity index (χ1v) is 5.70. The quantitative estimate of drug-likeness (QED) is 0.723. The van der Waals surface area contributed by atoms with Gasteiger partial charge in [-0.1, -0.05) is 27.7 Å². The third-order valence-corrected chi connectivity index (χ3v) is 3.20. The van der Waals surface area contributed by atoms with Crippen molar-refractivity contribution in [1.29, 1.82) is 0 Å². The number of hydrogen-bond acceptors (Lipinski definition) is 1. The maximum atomic E-state index is 13.4. The Labute approximate surface area is 101 Å². The van der Waals surface area contributed by atoms with Gasteiger partial charge in [-0.15, -0.1) is 0 Å². The third-order valence-electron chi connectivity index (χ3n) is 3.20. The molecule has 0 amide bonds. The van der Waals surface area contributed by atoms with E-state index in [-0.39, 0.29) is 29.1 Å². The highest BCUT2D eigenvalue weighted by Crippen LogP contribution is 2.29. The summed E-state index contributed by atoms with van der Waals surface area (Å²) in [5.74, 6) is -1.47. The van der Waals surface area contributed by atoms with Gasteiger partial charge in [-0.25, -0.2) is 8.78 Å². The average Bonchev–Trinajstić information content (AvgIpc) is 2.20. The van der Waals surface area contributed by atoms with Crippen LogP contribution >= 0.6 is 0 Å². The maximum absolute atomic E-state index is 13.4. The first kappa shape index (κ1) is 13.8. The summed E-state index contributed by atoms with van der Waals surface area (Å²) >= 11 is 0. The molecular formula is C14H18F2O. The van der Waals surface area contributed by atoms with Crippen LogP contribution in [0.3, 0.4) is 0 Å². The van der Waals surface area contributed by atoms with E-state index >= 15 is 0 Å². The van der Waals surface area contributed by atoms with E-state index in [1.54, 1.807) is 0 Å².